The average Bonchev–Trinajstić information content (AvgIpc) is 2.41. The van der Waals surface area contributed by atoms with Crippen LogP contribution in [0.15, 0.2) is 58.6 Å². The van der Waals surface area contributed by atoms with E-state index < -0.39 is 16.0 Å². The molecule has 0 aliphatic heterocycles. The number of hydrogen-bond acceptors (Lipinski definition) is 1. The summed E-state index contributed by atoms with van der Waals surface area (Å²) in [4.78, 5) is 0.436. The maximum atomic E-state index is 14.0. The first-order chi connectivity index (χ1) is 9.08. The Labute approximate surface area is 119 Å². The van der Waals surface area contributed by atoms with Crippen molar-refractivity contribution in [1.82, 2.24) is 0 Å². The van der Waals surface area contributed by atoms with E-state index in [9.17, 15) is 8.60 Å². The average molecular weight is 295 g/mol. The predicted molar refractivity (Wildman–Crippen MR) is 78.1 cm³/mol. The Morgan fingerprint density at radius 3 is 2.42 bits per heavy atom. The Hall–Kier alpha value is -1.45. The third kappa shape index (κ3) is 3.52. The zero-order valence-corrected chi connectivity index (χ0v) is 11.8. The molecule has 0 fully saturated rings. The van der Waals surface area contributed by atoms with Crippen LogP contribution in [-0.4, -0.2) is 4.21 Å². The fourth-order valence-corrected chi connectivity index (χ4v) is 2.58. The van der Waals surface area contributed by atoms with Gasteiger partial charge in [-0.25, -0.2) is 4.21 Å². The second-order valence-corrected chi connectivity index (χ2v) is 5.86. The monoisotopic (exact) mass is 294 g/mol. The van der Waals surface area contributed by atoms with Gasteiger partial charge in [0.15, 0.2) is 5.16 Å². The highest BCUT2D eigenvalue weighted by Gasteiger charge is 2.10. The van der Waals surface area contributed by atoms with Gasteiger partial charge in [-0.3, -0.25) is 0 Å². The molecule has 0 radical (unpaired) electrons. The van der Waals surface area contributed by atoms with E-state index in [-0.39, 0.29) is 0 Å². The Morgan fingerprint density at radius 1 is 1.16 bits per heavy atom. The molecule has 2 rings (SSSR count). The van der Waals surface area contributed by atoms with Crippen LogP contribution < -0.4 is 0 Å². The molecule has 98 valence electrons. The van der Waals surface area contributed by atoms with Gasteiger partial charge in [-0.1, -0.05) is 47.5 Å². The molecule has 0 aliphatic rings. The Kier molecular flexibility index (Phi) is 4.51. The van der Waals surface area contributed by atoms with Crippen molar-refractivity contribution in [2.45, 2.75) is 11.8 Å². The van der Waals surface area contributed by atoms with Crippen LogP contribution in [0.2, 0.25) is 5.02 Å². The van der Waals surface area contributed by atoms with E-state index >= 15 is 0 Å². The number of benzene rings is 2. The smallest absolute Gasteiger partial charge is 0.192 e. The molecular weight excluding hydrogens is 283 g/mol. The SMILES string of the molecule is Cc1ccc(S(=O)C(F)=Cc2ccccc2Cl)cc1. The fraction of sp³-hybridized carbons (Fsp3) is 0.0667. The van der Waals surface area contributed by atoms with Gasteiger partial charge in [0.2, 0.25) is 0 Å². The summed E-state index contributed by atoms with van der Waals surface area (Å²) >= 11 is 5.93. The van der Waals surface area contributed by atoms with E-state index in [1.807, 2.05) is 6.92 Å². The lowest BCUT2D eigenvalue weighted by molar-refractivity contribution is 0.653. The van der Waals surface area contributed by atoms with Crippen LogP contribution in [0, 0.1) is 6.92 Å². The van der Waals surface area contributed by atoms with Gasteiger partial charge < -0.3 is 0 Å². The molecular formula is C15H12ClFOS. The first-order valence-corrected chi connectivity index (χ1v) is 7.21. The summed E-state index contributed by atoms with van der Waals surface area (Å²) in [5, 5.41) is -0.282. The Bertz CT molecular complexity index is 635. The molecule has 2 aromatic rings. The molecule has 1 atom stereocenters. The van der Waals surface area contributed by atoms with Crippen molar-refractivity contribution in [2.75, 3.05) is 0 Å². The molecule has 0 heterocycles. The molecule has 0 aromatic heterocycles. The van der Waals surface area contributed by atoms with E-state index in [2.05, 4.69) is 0 Å². The lowest BCUT2D eigenvalue weighted by Crippen LogP contribution is -1.92. The number of rotatable bonds is 3. The molecule has 0 saturated heterocycles. The third-order valence-corrected chi connectivity index (χ3v) is 4.10. The molecule has 4 heteroatoms. The van der Waals surface area contributed by atoms with E-state index in [0.29, 0.717) is 15.5 Å². The quantitative estimate of drug-likeness (QED) is 0.800. The minimum absolute atomic E-state index is 0.429. The van der Waals surface area contributed by atoms with E-state index in [0.717, 1.165) is 5.56 Å². The number of hydrogen-bond donors (Lipinski definition) is 0. The van der Waals surface area contributed by atoms with E-state index in [1.165, 1.54) is 6.08 Å². The van der Waals surface area contributed by atoms with Gasteiger partial charge >= 0.3 is 0 Å². The van der Waals surface area contributed by atoms with Gasteiger partial charge in [-0.05, 0) is 36.8 Å². The molecule has 0 amide bonds. The molecule has 0 aliphatic carbocycles. The van der Waals surface area contributed by atoms with Crippen molar-refractivity contribution < 1.29 is 8.60 Å². The maximum Gasteiger partial charge on any atom is 0.192 e. The van der Waals surface area contributed by atoms with Crippen molar-refractivity contribution in [3.05, 3.63) is 69.8 Å². The third-order valence-electron chi connectivity index (χ3n) is 2.59. The van der Waals surface area contributed by atoms with Crippen LogP contribution in [0.3, 0.4) is 0 Å². The molecule has 0 bridgehead atoms. The minimum atomic E-state index is -1.81. The van der Waals surface area contributed by atoms with Gasteiger partial charge in [0.05, 0.1) is 0 Å². The first kappa shape index (κ1) is 14.0. The van der Waals surface area contributed by atoms with Crippen LogP contribution in [-0.2, 0) is 10.8 Å². The summed E-state index contributed by atoms with van der Waals surface area (Å²) in [5.41, 5.74) is 1.55. The largest absolute Gasteiger partial charge is 0.247 e. The minimum Gasteiger partial charge on any atom is -0.247 e. The van der Waals surface area contributed by atoms with Crippen molar-refractivity contribution >= 4 is 28.5 Å². The van der Waals surface area contributed by atoms with Crippen LogP contribution in [0.1, 0.15) is 11.1 Å². The van der Waals surface area contributed by atoms with Crippen molar-refractivity contribution in [3.63, 3.8) is 0 Å². The predicted octanol–water partition coefficient (Wildman–Crippen LogP) is 4.72. The van der Waals surface area contributed by atoms with Crippen molar-refractivity contribution in [2.24, 2.45) is 0 Å². The van der Waals surface area contributed by atoms with Gasteiger partial charge in [-0.2, -0.15) is 4.39 Å². The summed E-state index contributed by atoms with van der Waals surface area (Å²) in [5.74, 6) is 0. The van der Waals surface area contributed by atoms with Crippen LogP contribution >= 0.6 is 11.6 Å². The molecule has 0 spiro atoms. The van der Waals surface area contributed by atoms with Crippen LogP contribution in [0.5, 0.6) is 0 Å². The highest BCUT2D eigenvalue weighted by atomic mass is 35.5. The highest BCUT2D eigenvalue weighted by Crippen LogP contribution is 2.22. The Balaban J connectivity index is 2.29. The summed E-state index contributed by atoms with van der Waals surface area (Å²) in [6.07, 6.45) is 1.21. The standard InChI is InChI=1S/C15H12ClFOS/c1-11-6-8-13(9-7-11)19(18)15(17)10-12-4-2-3-5-14(12)16/h2-10H,1H3. The summed E-state index contributed by atoms with van der Waals surface area (Å²) in [6, 6.07) is 13.8. The summed E-state index contributed by atoms with van der Waals surface area (Å²) in [7, 11) is -1.81. The maximum absolute atomic E-state index is 14.0. The molecule has 0 saturated carbocycles. The topological polar surface area (TPSA) is 17.1 Å². The number of aryl methyl sites for hydroxylation is 1. The first-order valence-electron chi connectivity index (χ1n) is 5.68. The molecule has 19 heavy (non-hydrogen) atoms. The van der Waals surface area contributed by atoms with Crippen LogP contribution in [0.25, 0.3) is 6.08 Å². The van der Waals surface area contributed by atoms with Crippen molar-refractivity contribution in [1.29, 1.82) is 0 Å². The highest BCUT2D eigenvalue weighted by molar-refractivity contribution is 7.89. The normalized spacial score (nSPS) is 13.3. The number of halogens is 2. The molecule has 1 nitrogen and oxygen atoms in total. The van der Waals surface area contributed by atoms with E-state index in [4.69, 9.17) is 11.6 Å². The van der Waals surface area contributed by atoms with Gasteiger partial charge in [0.1, 0.15) is 10.8 Å². The van der Waals surface area contributed by atoms with Gasteiger partial charge in [0.25, 0.3) is 0 Å². The van der Waals surface area contributed by atoms with Gasteiger partial charge in [-0.15, -0.1) is 0 Å². The van der Waals surface area contributed by atoms with Crippen LogP contribution in [0.4, 0.5) is 4.39 Å². The lowest BCUT2D eigenvalue weighted by Gasteiger charge is -2.01. The molecule has 1 unspecified atom stereocenters. The zero-order chi connectivity index (χ0) is 13.8. The van der Waals surface area contributed by atoms with Gasteiger partial charge in [0, 0.05) is 9.92 Å². The molecule has 0 N–H and O–H groups in total. The lowest BCUT2D eigenvalue weighted by atomic mass is 10.2. The molecule has 2 aromatic carbocycles. The van der Waals surface area contributed by atoms with E-state index in [1.54, 1.807) is 48.5 Å². The zero-order valence-electron chi connectivity index (χ0n) is 10.3. The Morgan fingerprint density at radius 2 is 1.79 bits per heavy atom. The summed E-state index contributed by atoms with van der Waals surface area (Å²) < 4.78 is 25.9. The summed E-state index contributed by atoms with van der Waals surface area (Å²) in [6.45, 7) is 1.92. The second kappa shape index (κ2) is 6.13. The fourth-order valence-electron chi connectivity index (χ4n) is 1.54. The van der Waals surface area contributed by atoms with Crippen molar-refractivity contribution in [3.8, 4) is 0 Å². The second-order valence-electron chi connectivity index (χ2n) is 4.05.